The highest BCUT2D eigenvalue weighted by molar-refractivity contribution is 6.30. The summed E-state index contributed by atoms with van der Waals surface area (Å²) >= 11 is 6.33. The molecule has 0 spiro atoms. The summed E-state index contributed by atoms with van der Waals surface area (Å²) in [7, 11) is 0. The van der Waals surface area contributed by atoms with Crippen molar-refractivity contribution in [3.63, 3.8) is 0 Å². The number of likely N-dealkylation sites (tertiary alicyclic amines) is 1. The quantitative estimate of drug-likeness (QED) is 0.340. The molecule has 1 atom stereocenters. The molecule has 2 aromatic carbocycles. The van der Waals surface area contributed by atoms with Crippen LogP contribution in [-0.2, 0) is 6.54 Å². The fourth-order valence-electron chi connectivity index (χ4n) is 5.25. The highest BCUT2D eigenvalue weighted by Crippen LogP contribution is 2.35. The van der Waals surface area contributed by atoms with Crippen LogP contribution in [0.2, 0.25) is 5.15 Å². The van der Waals surface area contributed by atoms with Gasteiger partial charge in [-0.2, -0.15) is 10.4 Å². The first kappa shape index (κ1) is 24.3. The highest BCUT2D eigenvalue weighted by atomic mass is 35.5. The molecule has 8 nitrogen and oxygen atoms in total. The Hall–Kier alpha value is -4.03. The van der Waals surface area contributed by atoms with E-state index in [-0.39, 0.29) is 11.3 Å². The Labute approximate surface area is 226 Å². The van der Waals surface area contributed by atoms with Crippen molar-refractivity contribution < 1.29 is 0 Å². The number of aliphatic imine (C=N–C) groups is 1. The van der Waals surface area contributed by atoms with Crippen LogP contribution in [0.1, 0.15) is 41.7 Å². The lowest BCUT2D eigenvalue weighted by atomic mass is 9.97. The molecule has 2 aliphatic heterocycles. The van der Waals surface area contributed by atoms with E-state index in [0.29, 0.717) is 11.6 Å². The largest absolute Gasteiger partial charge is 0.331 e. The molecule has 0 radical (unpaired) electrons. The molecule has 38 heavy (non-hydrogen) atoms. The maximum absolute atomic E-state index is 9.48. The second-order valence-electron chi connectivity index (χ2n) is 9.67. The third-order valence-electron chi connectivity index (χ3n) is 7.30. The zero-order valence-electron chi connectivity index (χ0n) is 20.8. The number of nitrogens with two attached hydrogens (primary N) is 1. The van der Waals surface area contributed by atoms with E-state index < -0.39 is 0 Å². The van der Waals surface area contributed by atoms with Crippen molar-refractivity contribution in [3.05, 3.63) is 88.7 Å². The van der Waals surface area contributed by atoms with Gasteiger partial charge >= 0.3 is 0 Å². The predicted octanol–water partition coefficient (Wildman–Crippen LogP) is 5.39. The zero-order valence-corrected chi connectivity index (χ0v) is 21.5. The summed E-state index contributed by atoms with van der Waals surface area (Å²) in [5.74, 6) is 0.966. The van der Waals surface area contributed by atoms with Gasteiger partial charge in [0.25, 0.3) is 0 Å². The van der Waals surface area contributed by atoms with Gasteiger partial charge in [0.2, 0.25) is 0 Å². The highest BCUT2D eigenvalue weighted by Gasteiger charge is 2.26. The summed E-state index contributed by atoms with van der Waals surface area (Å²) < 4.78 is 2.08. The Morgan fingerprint density at radius 2 is 1.82 bits per heavy atom. The minimum absolute atomic E-state index is 0.219. The molecule has 2 aliphatic rings. The molecule has 1 saturated heterocycles. The van der Waals surface area contributed by atoms with Crippen LogP contribution in [-0.4, -0.2) is 39.1 Å². The molecular weight excluding hydrogens is 496 g/mol. The van der Waals surface area contributed by atoms with E-state index in [1.165, 1.54) is 5.56 Å². The smallest absolute Gasteiger partial charge is 0.147 e. The molecule has 2 aromatic heterocycles. The number of nitriles is 1. The monoisotopic (exact) mass is 522 g/mol. The lowest BCUT2D eigenvalue weighted by Gasteiger charge is -2.33. The average molecular weight is 523 g/mol. The molecule has 6 rings (SSSR count). The summed E-state index contributed by atoms with van der Waals surface area (Å²) in [4.78, 5) is 11.3. The van der Waals surface area contributed by atoms with E-state index in [1.807, 2.05) is 42.6 Å². The first-order chi connectivity index (χ1) is 18.6. The lowest BCUT2D eigenvalue weighted by Crippen LogP contribution is -2.35. The molecule has 3 N–H and O–H groups in total. The summed E-state index contributed by atoms with van der Waals surface area (Å²) in [5, 5.41) is 17.5. The van der Waals surface area contributed by atoms with Crippen molar-refractivity contribution in [1.29, 1.82) is 5.26 Å². The molecule has 1 unspecified atom stereocenters. The van der Waals surface area contributed by atoms with Crippen LogP contribution in [0, 0.1) is 11.3 Å². The summed E-state index contributed by atoms with van der Waals surface area (Å²) in [6.45, 7) is 2.87. The van der Waals surface area contributed by atoms with Gasteiger partial charge in [-0.1, -0.05) is 66.2 Å². The van der Waals surface area contributed by atoms with Crippen LogP contribution in [0.4, 0.5) is 5.82 Å². The SMILES string of the molecule is N#Cc1cc(-c2ccccc2)c(-c2ccc(CN3CCC(n4ncc5c4NC=NC5N)CC3)cc2)nc1Cl. The van der Waals surface area contributed by atoms with Gasteiger partial charge in [-0.3, -0.25) is 9.89 Å². The number of nitrogens with one attached hydrogen (secondary N) is 1. The Kier molecular flexibility index (Phi) is 6.64. The Balaban J connectivity index is 1.15. The first-order valence-electron chi connectivity index (χ1n) is 12.7. The number of fused-ring (bicyclic) bond motifs is 1. The predicted molar refractivity (Wildman–Crippen MR) is 150 cm³/mol. The Bertz CT molecular complexity index is 1510. The molecule has 9 heteroatoms. The number of piperidine rings is 1. The van der Waals surface area contributed by atoms with Gasteiger partial charge in [-0.05, 0) is 30.0 Å². The lowest BCUT2D eigenvalue weighted by molar-refractivity contribution is 0.174. The number of halogens is 1. The van der Waals surface area contributed by atoms with E-state index >= 15 is 0 Å². The molecular formula is C29H27ClN8. The standard InChI is InChI=1S/C29H27ClN8/c30-27-22(15-31)14-24(20-4-2-1-3-5-20)26(36-27)21-8-6-19(7-9-21)17-37-12-10-23(11-13-37)38-29-25(16-35-38)28(32)33-18-34-29/h1-9,14,16,18,23,28H,10-13,17,32H2,(H,33,34). The van der Waals surface area contributed by atoms with Crippen molar-refractivity contribution >= 4 is 23.8 Å². The van der Waals surface area contributed by atoms with Gasteiger partial charge in [-0.25, -0.2) is 9.67 Å². The number of hydrogen-bond donors (Lipinski definition) is 2. The fraction of sp³-hybridized carbons (Fsp3) is 0.241. The molecule has 4 aromatic rings. The number of aromatic nitrogens is 3. The van der Waals surface area contributed by atoms with Crippen LogP contribution >= 0.6 is 11.6 Å². The zero-order chi connectivity index (χ0) is 26.1. The minimum atomic E-state index is -0.345. The van der Waals surface area contributed by atoms with E-state index in [9.17, 15) is 5.26 Å². The number of pyridine rings is 1. The summed E-state index contributed by atoms with van der Waals surface area (Å²) in [6.07, 6.45) is 5.19. The van der Waals surface area contributed by atoms with E-state index in [2.05, 4.69) is 60.3 Å². The normalized spacial score (nSPS) is 17.6. The van der Waals surface area contributed by atoms with Gasteiger partial charge in [-0.15, -0.1) is 0 Å². The second kappa shape index (κ2) is 10.4. The summed E-state index contributed by atoms with van der Waals surface area (Å²) in [6, 6.07) is 22.8. The van der Waals surface area contributed by atoms with Crippen LogP contribution in [0.15, 0.2) is 71.9 Å². The molecule has 4 heterocycles. The van der Waals surface area contributed by atoms with Gasteiger partial charge < -0.3 is 11.1 Å². The number of nitrogens with zero attached hydrogens (tertiary/aromatic N) is 6. The van der Waals surface area contributed by atoms with Crippen molar-refractivity contribution in [2.75, 3.05) is 18.4 Å². The topological polar surface area (TPSA) is 108 Å². The van der Waals surface area contributed by atoms with Gasteiger partial charge in [0, 0.05) is 30.8 Å². The molecule has 1 fully saturated rings. The number of anilines is 1. The van der Waals surface area contributed by atoms with Gasteiger partial charge in [0.1, 0.15) is 23.2 Å². The van der Waals surface area contributed by atoms with E-state index in [1.54, 1.807) is 6.34 Å². The number of rotatable bonds is 5. The maximum atomic E-state index is 9.48. The number of benzene rings is 2. The Morgan fingerprint density at radius 1 is 1.05 bits per heavy atom. The maximum Gasteiger partial charge on any atom is 0.147 e. The molecule has 0 saturated carbocycles. The van der Waals surface area contributed by atoms with Crippen molar-refractivity contribution in [1.82, 2.24) is 19.7 Å². The third-order valence-corrected chi connectivity index (χ3v) is 7.58. The van der Waals surface area contributed by atoms with Crippen LogP contribution in [0.5, 0.6) is 0 Å². The van der Waals surface area contributed by atoms with E-state index in [4.69, 9.17) is 17.3 Å². The van der Waals surface area contributed by atoms with Crippen LogP contribution in [0.25, 0.3) is 22.4 Å². The van der Waals surface area contributed by atoms with Crippen LogP contribution < -0.4 is 11.1 Å². The van der Waals surface area contributed by atoms with E-state index in [0.717, 1.165) is 66.2 Å². The number of hydrogen-bond acceptors (Lipinski definition) is 7. The van der Waals surface area contributed by atoms with Gasteiger partial charge in [0.15, 0.2) is 0 Å². The molecule has 0 bridgehead atoms. The summed E-state index contributed by atoms with van der Waals surface area (Å²) in [5.41, 5.74) is 12.3. The Morgan fingerprint density at radius 3 is 2.55 bits per heavy atom. The van der Waals surface area contributed by atoms with Crippen molar-refractivity contribution in [3.8, 4) is 28.5 Å². The average Bonchev–Trinajstić information content (AvgIpc) is 3.40. The minimum Gasteiger partial charge on any atom is -0.331 e. The molecule has 190 valence electrons. The van der Waals surface area contributed by atoms with Gasteiger partial charge in [0.05, 0.1) is 35.4 Å². The van der Waals surface area contributed by atoms with Crippen molar-refractivity contribution in [2.45, 2.75) is 31.6 Å². The second-order valence-corrected chi connectivity index (χ2v) is 10.0. The van der Waals surface area contributed by atoms with Crippen LogP contribution in [0.3, 0.4) is 0 Å². The molecule has 0 aliphatic carbocycles. The first-order valence-corrected chi connectivity index (χ1v) is 13.1. The third kappa shape index (κ3) is 4.68. The molecule has 0 amide bonds. The van der Waals surface area contributed by atoms with Crippen molar-refractivity contribution in [2.24, 2.45) is 10.7 Å². The fourth-order valence-corrected chi connectivity index (χ4v) is 5.43.